The van der Waals surface area contributed by atoms with Crippen molar-refractivity contribution in [2.75, 3.05) is 38.7 Å². The summed E-state index contributed by atoms with van der Waals surface area (Å²) in [5, 5.41) is 2.99. The fourth-order valence-electron chi connectivity index (χ4n) is 4.66. The van der Waals surface area contributed by atoms with Crippen LogP contribution in [0.5, 0.6) is 23.0 Å². The van der Waals surface area contributed by atoms with Crippen molar-refractivity contribution in [3.63, 3.8) is 0 Å². The van der Waals surface area contributed by atoms with Gasteiger partial charge in [-0.3, -0.25) is 14.5 Å². The molecule has 8 nitrogen and oxygen atoms in total. The number of carbonyl (C=O) groups excluding carboxylic acids is 2. The number of ether oxygens (including phenoxy) is 4. The van der Waals surface area contributed by atoms with Gasteiger partial charge in [-0.25, -0.2) is 0 Å². The molecule has 1 heterocycles. The van der Waals surface area contributed by atoms with Gasteiger partial charge >= 0.3 is 0 Å². The zero-order valence-corrected chi connectivity index (χ0v) is 22.0. The maximum atomic E-state index is 14.1. The molecule has 0 aromatic heterocycles. The van der Waals surface area contributed by atoms with E-state index in [1.165, 1.54) is 19.1 Å². The third kappa shape index (κ3) is 4.55. The molecule has 2 amide bonds. The summed E-state index contributed by atoms with van der Waals surface area (Å²) in [5.41, 5.74) is 1.64. The molecule has 0 aliphatic carbocycles. The highest BCUT2D eigenvalue weighted by atomic mass is 16.5. The van der Waals surface area contributed by atoms with Gasteiger partial charge in [0.2, 0.25) is 5.91 Å². The summed E-state index contributed by atoms with van der Waals surface area (Å²) in [5.74, 6) is 1.83. The van der Waals surface area contributed by atoms with Crippen LogP contribution in [0, 0.1) is 0 Å². The van der Waals surface area contributed by atoms with E-state index < -0.39 is 5.54 Å². The third-order valence-electron chi connectivity index (χ3n) is 6.74. The average Bonchev–Trinajstić information content (AvgIpc) is 2.91. The molecular formula is C29H32N2O6. The maximum absolute atomic E-state index is 14.1. The second-order valence-corrected chi connectivity index (χ2v) is 9.11. The quantitative estimate of drug-likeness (QED) is 0.408. The number of nitrogens with zero attached hydrogens (tertiary/aromatic N) is 1. The summed E-state index contributed by atoms with van der Waals surface area (Å²) in [6.07, 6.45) is 0.0154. The summed E-state index contributed by atoms with van der Waals surface area (Å²) in [4.78, 5) is 28.7. The summed E-state index contributed by atoms with van der Waals surface area (Å²) in [6.45, 7) is 4.22. The number of benzene rings is 3. The first-order valence-corrected chi connectivity index (χ1v) is 12.0. The largest absolute Gasteiger partial charge is 0.493 e. The molecule has 0 radical (unpaired) electrons. The van der Waals surface area contributed by atoms with E-state index in [0.29, 0.717) is 45.9 Å². The molecule has 1 N–H and O–H groups in total. The van der Waals surface area contributed by atoms with E-state index in [4.69, 9.17) is 18.9 Å². The van der Waals surface area contributed by atoms with Crippen LogP contribution in [-0.4, -0.2) is 40.3 Å². The number of amides is 2. The molecule has 1 saturated heterocycles. The van der Waals surface area contributed by atoms with E-state index in [0.717, 1.165) is 5.56 Å². The molecular weight excluding hydrogens is 472 g/mol. The standard InChI is InChI=1S/C29H32N2O6/c1-18(2)19-7-9-20(10-8-19)29(28(33)30-21-11-13-23(34-3)25(15-21)36-5)17-27(32)31(29)22-12-14-24(35-4)26(16-22)37-6/h7-16,18H,17H2,1-6H3,(H,30,33). The number of hydrogen-bond acceptors (Lipinski definition) is 6. The lowest BCUT2D eigenvalue weighted by molar-refractivity contribution is -0.137. The van der Waals surface area contributed by atoms with Crippen LogP contribution in [-0.2, 0) is 15.1 Å². The van der Waals surface area contributed by atoms with Crippen molar-refractivity contribution in [3.8, 4) is 23.0 Å². The van der Waals surface area contributed by atoms with Crippen molar-refractivity contribution >= 4 is 23.2 Å². The van der Waals surface area contributed by atoms with Crippen molar-refractivity contribution in [3.05, 3.63) is 71.8 Å². The van der Waals surface area contributed by atoms with Gasteiger partial charge in [0.1, 0.15) is 0 Å². The Bertz CT molecular complexity index is 1300. The van der Waals surface area contributed by atoms with Gasteiger partial charge in [-0.1, -0.05) is 38.1 Å². The smallest absolute Gasteiger partial charge is 0.255 e. The Labute approximate surface area is 217 Å². The Morgan fingerprint density at radius 3 is 1.92 bits per heavy atom. The first kappa shape index (κ1) is 25.9. The van der Waals surface area contributed by atoms with Crippen molar-refractivity contribution < 1.29 is 28.5 Å². The van der Waals surface area contributed by atoms with Crippen LogP contribution in [0.1, 0.15) is 37.3 Å². The number of anilines is 2. The zero-order chi connectivity index (χ0) is 26.7. The average molecular weight is 505 g/mol. The summed E-state index contributed by atoms with van der Waals surface area (Å²) >= 11 is 0. The van der Waals surface area contributed by atoms with Crippen molar-refractivity contribution in [2.45, 2.75) is 31.7 Å². The second kappa shape index (κ2) is 10.4. The highest BCUT2D eigenvalue weighted by Crippen LogP contribution is 2.47. The van der Waals surface area contributed by atoms with Crippen molar-refractivity contribution in [2.24, 2.45) is 0 Å². The fraction of sp³-hybridized carbons (Fsp3) is 0.310. The number of rotatable bonds is 9. The molecule has 0 spiro atoms. The van der Waals surface area contributed by atoms with Crippen LogP contribution in [0.15, 0.2) is 60.7 Å². The van der Waals surface area contributed by atoms with E-state index in [9.17, 15) is 9.59 Å². The number of nitrogens with one attached hydrogen (secondary N) is 1. The Kier molecular flexibility index (Phi) is 7.29. The highest BCUT2D eigenvalue weighted by Gasteiger charge is 2.58. The molecule has 0 saturated carbocycles. The molecule has 0 bridgehead atoms. The fourth-order valence-corrected chi connectivity index (χ4v) is 4.66. The van der Waals surface area contributed by atoms with Gasteiger partial charge in [0.15, 0.2) is 28.5 Å². The Hall–Kier alpha value is -4.20. The number of hydrogen-bond donors (Lipinski definition) is 1. The van der Waals surface area contributed by atoms with E-state index in [-0.39, 0.29) is 18.2 Å². The van der Waals surface area contributed by atoms with Crippen LogP contribution in [0.3, 0.4) is 0 Å². The molecule has 3 aromatic rings. The normalized spacial score (nSPS) is 16.7. The molecule has 3 aromatic carbocycles. The lowest BCUT2D eigenvalue weighted by Gasteiger charge is -2.50. The third-order valence-corrected chi connectivity index (χ3v) is 6.74. The van der Waals surface area contributed by atoms with Crippen LogP contribution in [0.2, 0.25) is 0 Å². The molecule has 1 aliphatic rings. The number of methoxy groups -OCH3 is 4. The highest BCUT2D eigenvalue weighted by molar-refractivity contribution is 6.17. The monoisotopic (exact) mass is 504 g/mol. The number of β-lactam (4-membered cyclic amide) rings is 1. The van der Waals surface area contributed by atoms with Crippen molar-refractivity contribution in [1.29, 1.82) is 0 Å². The van der Waals surface area contributed by atoms with E-state index in [1.54, 1.807) is 50.6 Å². The minimum Gasteiger partial charge on any atom is -0.493 e. The second-order valence-electron chi connectivity index (χ2n) is 9.11. The zero-order valence-electron chi connectivity index (χ0n) is 22.0. The van der Waals surface area contributed by atoms with Crippen LogP contribution >= 0.6 is 0 Å². The van der Waals surface area contributed by atoms with Crippen molar-refractivity contribution in [1.82, 2.24) is 0 Å². The van der Waals surface area contributed by atoms with Gasteiger partial charge in [0.05, 0.1) is 34.9 Å². The predicted octanol–water partition coefficient (Wildman–Crippen LogP) is 5.12. The van der Waals surface area contributed by atoms with Gasteiger partial charge in [-0.2, -0.15) is 0 Å². The molecule has 1 aliphatic heterocycles. The first-order chi connectivity index (χ1) is 17.8. The number of carbonyl (C=O) groups is 2. The van der Waals surface area contributed by atoms with Gasteiger partial charge < -0.3 is 24.3 Å². The minimum atomic E-state index is -1.26. The summed E-state index contributed by atoms with van der Waals surface area (Å²) in [7, 11) is 6.15. The molecule has 1 unspecified atom stereocenters. The Balaban J connectivity index is 1.80. The van der Waals surface area contributed by atoms with Crippen LogP contribution < -0.4 is 29.2 Å². The molecule has 4 rings (SSSR count). The minimum absolute atomic E-state index is 0.0154. The lowest BCUT2D eigenvalue weighted by Crippen LogP contribution is -2.67. The summed E-state index contributed by atoms with van der Waals surface area (Å²) < 4.78 is 21.5. The summed E-state index contributed by atoms with van der Waals surface area (Å²) in [6, 6.07) is 18.2. The molecule has 194 valence electrons. The topological polar surface area (TPSA) is 86.3 Å². The van der Waals surface area contributed by atoms with E-state index in [2.05, 4.69) is 19.2 Å². The van der Waals surface area contributed by atoms with Gasteiger partial charge in [0.25, 0.3) is 5.91 Å². The molecule has 1 fully saturated rings. The maximum Gasteiger partial charge on any atom is 0.255 e. The Morgan fingerprint density at radius 2 is 1.38 bits per heavy atom. The predicted molar refractivity (Wildman–Crippen MR) is 142 cm³/mol. The molecule has 8 heteroatoms. The lowest BCUT2D eigenvalue weighted by atomic mass is 9.75. The van der Waals surface area contributed by atoms with E-state index in [1.807, 2.05) is 24.3 Å². The van der Waals surface area contributed by atoms with Gasteiger partial charge in [-0.15, -0.1) is 0 Å². The molecule has 37 heavy (non-hydrogen) atoms. The Morgan fingerprint density at radius 1 is 0.811 bits per heavy atom. The van der Waals surface area contributed by atoms with Gasteiger partial charge in [0, 0.05) is 23.5 Å². The van der Waals surface area contributed by atoms with Crippen LogP contribution in [0.25, 0.3) is 0 Å². The first-order valence-electron chi connectivity index (χ1n) is 12.0. The van der Waals surface area contributed by atoms with Crippen LogP contribution in [0.4, 0.5) is 11.4 Å². The molecule has 1 atom stereocenters. The SMILES string of the molecule is COc1ccc(NC(=O)C2(c3ccc(C(C)C)cc3)CC(=O)N2c2ccc(OC)c(OC)c2)cc1OC. The van der Waals surface area contributed by atoms with E-state index >= 15 is 0 Å². The van der Waals surface area contributed by atoms with Gasteiger partial charge in [-0.05, 0) is 41.3 Å².